The van der Waals surface area contributed by atoms with Crippen LogP contribution in [0.1, 0.15) is 24.0 Å². The average molecular weight is 389 g/mol. The molecule has 2 N–H and O–H groups in total. The molecule has 0 unspecified atom stereocenters. The lowest BCUT2D eigenvalue weighted by molar-refractivity contribution is 0.185. The summed E-state index contributed by atoms with van der Waals surface area (Å²) in [4.78, 5) is 4.22. The first-order valence-corrected chi connectivity index (χ1v) is 6.83. The number of guanidine groups is 1. The topological polar surface area (TPSA) is 45.7 Å². The molecule has 1 saturated carbocycles. The SMILES string of the molecule is CN=C(NCc1ccc(COC)cc1)NCC1CC1.I. The van der Waals surface area contributed by atoms with Gasteiger partial charge in [0.05, 0.1) is 6.61 Å². The highest BCUT2D eigenvalue weighted by Gasteiger charge is 2.20. The number of rotatable bonds is 6. The highest BCUT2D eigenvalue weighted by Crippen LogP contribution is 2.27. The Kier molecular flexibility index (Phi) is 7.91. The molecule has 0 heterocycles. The highest BCUT2D eigenvalue weighted by molar-refractivity contribution is 14.0. The van der Waals surface area contributed by atoms with Crippen LogP contribution in [0.5, 0.6) is 0 Å². The van der Waals surface area contributed by atoms with Gasteiger partial charge in [-0.2, -0.15) is 0 Å². The van der Waals surface area contributed by atoms with Crippen molar-refractivity contribution in [1.29, 1.82) is 0 Å². The van der Waals surface area contributed by atoms with E-state index in [0.717, 1.165) is 25.0 Å². The van der Waals surface area contributed by atoms with Crippen molar-refractivity contribution in [3.63, 3.8) is 0 Å². The Labute approximate surface area is 138 Å². The molecule has 1 fully saturated rings. The molecule has 0 spiro atoms. The second-order valence-electron chi connectivity index (χ2n) is 5.00. The lowest BCUT2D eigenvalue weighted by Crippen LogP contribution is -2.37. The van der Waals surface area contributed by atoms with E-state index in [1.165, 1.54) is 24.0 Å². The van der Waals surface area contributed by atoms with Gasteiger partial charge in [-0.1, -0.05) is 24.3 Å². The van der Waals surface area contributed by atoms with Crippen molar-refractivity contribution in [2.75, 3.05) is 20.7 Å². The molecule has 20 heavy (non-hydrogen) atoms. The number of halogens is 1. The maximum atomic E-state index is 5.10. The van der Waals surface area contributed by atoms with Gasteiger partial charge < -0.3 is 15.4 Å². The molecule has 112 valence electrons. The maximum Gasteiger partial charge on any atom is 0.191 e. The van der Waals surface area contributed by atoms with Crippen LogP contribution in [-0.4, -0.2) is 26.7 Å². The van der Waals surface area contributed by atoms with E-state index in [2.05, 4.69) is 39.9 Å². The molecule has 0 saturated heterocycles. The Balaban J connectivity index is 0.00000200. The number of hydrogen-bond donors (Lipinski definition) is 2. The van der Waals surface area contributed by atoms with Crippen molar-refractivity contribution in [1.82, 2.24) is 10.6 Å². The van der Waals surface area contributed by atoms with Crippen LogP contribution in [0.3, 0.4) is 0 Å². The number of ether oxygens (including phenoxy) is 1. The summed E-state index contributed by atoms with van der Waals surface area (Å²) < 4.78 is 5.10. The van der Waals surface area contributed by atoms with Gasteiger partial charge in [-0.25, -0.2) is 0 Å². The smallest absolute Gasteiger partial charge is 0.191 e. The van der Waals surface area contributed by atoms with Crippen LogP contribution in [0.25, 0.3) is 0 Å². The molecular weight excluding hydrogens is 365 g/mol. The molecule has 0 aliphatic heterocycles. The fourth-order valence-corrected chi connectivity index (χ4v) is 1.89. The molecule has 1 aliphatic rings. The molecule has 0 amide bonds. The molecule has 0 atom stereocenters. The number of nitrogens with one attached hydrogen (secondary N) is 2. The summed E-state index contributed by atoms with van der Waals surface area (Å²) in [5.74, 6) is 1.74. The molecule has 2 rings (SSSR count). The van der Waals surface area contributed by atoms with E-state index in [4.69, 9.17) is 4.74 Å². The Morgan fingerprint density at radius 1 is 1.20 bits per heavy atom. The van der Waals surface area contributed by atoms with Gasteiger partial charge in [0.15, 0.2) is 5.96 Å². The van der Waals surface area contributed by atoms with Crippen LogP contribution in [0, 0.1) is 5.92 Å². The van der Waals surface area contributed by atoms with Gasteiger partial charge in [0.25, 0.3) is 0 Å². The van der Waals surface area contributed by atoms with E-state index in [0.29, 0.717) is 6.61 Å². The fourth-order valence-electron chi connectivity index (χ4n) is 1.89. The van der Waals surface area contributed by atoms with Gasteiger partial charge in [-0.15, -0.1) is 24.0 Å². The summed E-state index contributed by atoms with van der Waals surface area (Å²) in [5.41, 5.74) is 2.44. The summed E-state index contributed by atoms with van der Waals surface area (Å²) in [6, 6.07) is 8.44. The number of benzene rings is 1. The van der Waals surface area contributed by atoms with Crippen LogP contribution in [0.4, 0.5) is 0 Å². The number of hydrogen-bond acceptors (Lipinski definition) is 2. The third-order valence-corrected chi connectivity index (χ3v) is 3.27. The van der Waals surface area contributed by atoms with Crippen LogP contribution in [0.15, 0.2) is 29.3 Å². The van der Waals surface area contributed by atoms with Gasteiger partial charge in [0.2, 0.25) is 0 Å². The quantitative estimate of drug-likeness (QED) is 0.447. The van der Waals surface area contributed by atoms with E-state index in [-0.39, 0.29) is 24.0 Å². The number of aliphatic imine (C=N–C) groups is 1. The summed E-state index contributed by atoms with van der Waals surface area (Å²) in [5, 5.41) is 6.68. The lowest BCUT2D eigenvalue weighted by atomic mass is 10.1. The van der Waals surface area contributed by atoms with E-state index in [1.54, 1.807) is 7.11 Å². The van der Waals surface area contributed by atoms with E-state index >= 15 is 0 Å². The molecular formula is C15H24IN3O. The van der Waals surface area contributed by atoms with Crippen molar-refractivity contribution >= 4 is 29.9 Å². The van der Waals surface area contributed by atoms with Gasteiger partial charge in [0, 0.05) is 27.2 Å². The summed E-state index contributed by atoms with van der Waals surface area (Å²) in [6.45, 7) is 2.49. The zero-order chi connectivity index (χ0) is 13.5. The standard InChI is InChI=1S/C15H23N3O.HI/c1-16-15(17-9-12-3-4-12)18-10-13-5-7-14(8-6-13)11-19-2;/h5-8,12H,3-4,9-11H2,1-2H3,(H2,16,17,18);1H. The van der Waals surface area contributed by atoms with Crippen molar-refractivity contribution in [3.05, 3.63) is 35.4 Å². The van der Waals surface area contributed by atoms with Crippen molar-refractivity contribution in [2.45, 2.75) is 26.0 Å². The van der Waals surface area contributed by atoms with E-state index in [1.807, 2.05) is 7.05 Å². The fraction of sp³-hybridized carbons (Fsp3) is 0.533. The number of methoxy groups -OCH3 is 1. The second kappa shape index (κ2) is 9.18. The van der Waals surface area contributed by atoms with E-state index < -0.39 is 0 Å². The average Bonchev–Trinajstić information content (AvgIpc) is 3.25. The summed E-state index contributed by atoms with van der Waals surface area (Å²) >= 11 is 0. The van der Waals surface area contributed by atoms with Gasteiger partial charge in [-0.3, -0.25) is 4.99 Å². The zero-order valence-corrected chi connectivity index (χ0v) is 14.5. The highest BCUT2D eigenvalue weighted by atomic mass is 127. The molecule has 0 aromatic heterocycles. The first kappa shape index (κ1) is 17.2. The van der Waals surface area contributed by atoms with Crippen LogP contribution in [0.2, 0.25) is 0 Å². The molecule has 0 radical (unpaired) electrons. The van der Waals surface area contributed by atoms with Crippen LogP contribution in [-0.2, 0) is 17.9 Å². The molecule has 4 nitrogen and oxygen atoms in total. The van der Waals surface area contributed by atoms with Crippen molar-refractivity contribution in [2.24, 2.45) is 10.9 Å². The lowest BCUT2D eigenvalue weighted by Gasteiger charge is -2.11. The molecule has 1 aromatic rings. The predicted molar refractivity (Wildman–Crippen MR) is 93.5 cm³/mol. The van der Waals surface area contributed by atoms with Gasteiger partial charge in [-0.05, 0) is 29.9 Å². The minimum Gasteiger partial charge on any atom is -0.380 e. The molecule has 1 aliphatic carbocycles. The third-order valence-electron chi connectivity index (χ3n) is 3.27. The Hall–Kier alpha value is -0.820. The molecule has 5 heteroatoms. The number of nitrogens with zero attached hydrogens (tertiary/aromatic N) is 1. The molecule has 0 bridgehead atoms. The van der Waals surface area contributed by atoms with Crippen LogP contribution < -0.4 is 10.6 Å². The Morgan fingerprint density at radius 2 is 1.85 bits per heavy atom. The van der Waals surface area contributed by atoms with Crippen molar-refractivity contribution in [3.8, 4) is 0 Å². The second-order valence-corrected chi connectivity index (χ2v) is 5.00. The van der Waals surface area contributed by atoms with Crippen LogP contribution >= 0.6 is 24.0 Å². The first-order valence-electron chi connectivity index (χ1n) is 6.83. The largest absolute Gasteiger partial charge is 0.380 e. The summed E-state index contributed by atoms with van der Waals surface area (Å²) in [7, 11) is 3.52. The third kappa shape index (κ3) is 6.09. The maximum absolute atomic E-state index is 5.10. The zero-order valence-electron chi connectivity index (χ0n) is 12.2. The van der Waals surface area contributed by atoms with Crippen molar-refractivity contribution < 1.29 is 4.74 Å². The monoisotopic (exact) mass is 389 g/mol. The normalized spacial score (nSPS) is 14.6. The van der Waals surface area contributed by atoms with Gasteiger partial charge >= 0.3 is 0 Å². The molecule has 1 aromatic carbocycles. The van der Waals surface area contributed by atoms with Gasteiger partial charge in [0.1, 0.15) is 0 Å². The predicted octanol–water partition coefficient (Wildman–Crippen LogP) is 2.53. The first-order chi connectivity index (χ1) is 9.31. The Bertz CT molecular complexity index is 416. The Morgan fingerprint density at radius 3 is 2.40 bits per heavy atom. The summed E-state index contributed by atoms with van der Waals surface area (Å²) in [6.07, 6.45) is 2.70. The minimum absolute atomic E-state index is 0. The van der Waals surface area contributed by atoms with E-state index in [9.17, 15) is 0 Å². The minimum atomic E-state index is 0.